The normalized spacial score (nSPS) is 14.7. The van der Waals surface area contributed by atoms with Crippen LogP contribution in [0.25, 0.3) is 5.57 Å². The summed E-state index contributed by atoms with van der Waals surface area (Å²) in [6.45, 7) is 4.23. The van der Waals surface area contributed by atoms with Crippen molar-refractivity contribution < 1.29 is 9.59 Å². The third kappa shape index (κ3) is 3.70. The lowest BCUT2D eigenvalue weighted by Crippen LogP contribution is -2.55. The highest BCUT2D eigenvalue weighted by atomic mass is 35.5. The van der Waals surface area contributed by atoms with Gasteiger partial charge in [-0.05, 0) is 49.2 Å². The Morgan fingerprint density at radius 3 is 1.64 bits per heavy atom. The van der Waals surface area contributed by atoms with E-state index in [-0.39, 0.29) is 11.5 Å². The van der Waals surface area contributed by atoms with Crippen LogP contribution in [0.4, 0.5) is 4.79 Å². The molecule has 2 aromatic carbocycles. The van der Waals surface area contributed by atoms with Crippen molar-refractivity contribution in [2.45, 2.75) is 13.8 Å². The molecule has 0 atom stereocenters. The van der Waals surface area contributed by atoms with Crippen molar-refractivity contribution in [3.05, 3.63) is 75.3 Å². The summed E-state index contributed by atoms with van der Waals surface area (Å²) in [4.78, 5) is 28.7. The summed E-state index contributed by atoms with van der Waals surface area (Å²) in [5.41, 5.74) is 2.52. The Hall–Kier alpha value is -2.21. The quantitative estimate of drug-likeness (QED) is 0.477. The number of nitrogens with zero attached hydrogens (tertiary/aromatic N) is 2. The first kappa shape index (κ1) is 20.5. The molecular weight excluding hydrogens is 415 g/mol. The zero-order valence-corrected chi connectivity index (χ0v) is 17.7. The van der Waals surface area contributed by atoms with E-state index in [1.54, 1.807) is 31.2 Å². The Kier molecular flexibility index (Phi) is 6.18. The van der Waals surface area contributed by atoms with Gasteiger partial charge in [0.25, 0.3) is 5.91 Å². The number of hydrogen-bond donors (Lipinski definition) is 0. The molecule has 1 saturated heterocycles. The second kappa shape index (κ2) is 8.43. The van der Waals surface area contributed by atoms with Gasteiger partial charge in [0.1, 0.15) is 4.99 Å². The van der Waals surface area contributed by atoms with Gasteiger partial charge in [-0.2, -0.15) is 0 Å². The van der Waals surface area contributed by atoms with Crippen LogP contribution in [0.5, 0.6) is 0 Å². The zero-order valence-electron chi connectivity index (χ0n) is 15.4. The number of halogens is 2. The number of imide groups is 1. The van der Waals surface area contributed by atoms with Crippen molar-refractivity contribution in [2.24, 2.45) is 0 Å². The minimum absolute atomic E-state index is 0.224. The fraction of sp³-hybridized carbons (Fsp3) is 0.190. The summed E-state index contributed by atoms with van der Waals surface area (Å²) in [6.07, 6.45) is 0. The lowest BCUT2D eigenvalue weighted by Gasteiger charge is -2.36. The molecule has 28 heavy (non-hydrogen) atoms. The molecule has 1 fully saturated rings. The molecule has 2 aromatic rings. The van der Waals surface area contributed by atoms with Crippen molar-refractivity contribution in [2.75, 3.05) is 13.1 Å². The van der Waals surface area contributed by atoms with Crippen LogP contribution in [0.15, 0.2) is 54.1 Å². The molecule has 1 aliphatic rings. The van der Waals surface area contributed by atoms with Crippen LogP contribution in [-0.4, -0.2) is 39.8 Å². The first-order valence-corrected chi connectivity index (χ1v) is 9.99. The van der Waals surface area contributed by atoms with E-state index >= 15 is 0 Å². The van der Waals surface area contributed by atoms with Gasteiger partial charge in [-0.25, -0.2) is 4.79 Å². The second-order valence-corrected chi connectivity index (χ2v) is 7.40. The van der Waals surface area contributed by atoms with Crippen LogP contribution in [0.3, 0.4) is 0 Å². The molecule has 4 nitrogen and oxygen atoms in total. The van der Waals surface area contributed by atoms with E-state index < -0.39 is 11.9 Å². The van der Waals surface area contributed by atoms with Crippen LogP contribution in [0, 0.1) is 0 Å². The molecule has 0 unspecified atom stereocenters. The molecule has 0 bridgehead atoms. The number of thiocarbonyl (C=S) groups is 1. The van der Waals surface area contributed by atoms with Gasteiger partial charge in [0.05, 0.1) is 5.57 Å². The van der Waals surface area contributed by atoms with Crippen LogP contribution < -0.4 is 0 Å². The molecule has 3 rings (SSSR count). The van der Waals surface area contributed by atoms with Crippen molar-refractivity contribution >= 4 is 57.9 Å². The molecule has 3 amide bonds. The highest BCUT2D eigenvalue weighted by molar-refractivity contribution is 7.81. The SMILES string of the molecule is CCN1C(=O)C(=C(c2ccc(Cl)cc2)c2ccc(Cl)cc2)C(=S)N(CC)C1=O. The van der Waals surface area contributed by atoms with Gasteiger partial charge >= 0.3 is 6.03 Å². The van der Waals surface area contributed by atoms with Gasteiger partial charge in [-0.3, -0.25) is 14.6 Å². The van der Waals surface area contributed by atoms with Crippen molar-refractivity contribution in [1.82, 2.24) is 9.80 Å². The van der Waals surface area contributed by atoms with E-state index in [1.165, 1.54) is 9.80 Å². The van der Waals surface area contributed by atoms with Gasteiger partial charge in [0.2, 0.25) is 0 Å². The highest BCUT2D eigenvalue weighted by Gasteiger charge is 2.40. The maximum absolute atomic E-state index is 13.2. The predicted molar refractivity (Wildman–Crippen MR) is 117 cm³/mol. The summed E-state index contributed by atoms with van der Waals surface area (Å²) < 4.78 is 0. The summed E-state index contributed by atoms with van der Waals surface area (Å²) in [7, 11) is 0. The van der Waals surface area contributed by atoms with Crippen LogP contribution in [0.1, 0.15) is 25.0 Å². The van der Waals surface area contributed by atoms with E-state index in [9.17, 15) is 9.59 Å². The van der Waals surface area contributed by atoms with Crippen molar-refractivity contribution in [1.29, 1.82) is 0 Å². The lowest BCUT2D eigenvalue weighted by molar-refractivity contribution is -0.124. The molecule has 0 aromatic heterocycles. The number of hydrogen-bond acceptors (Lipinski definition) is 3. The molecule has 0 N–H and O–H groups in total. The Bertz CT molecular complexity index is 893. The van der Waals surface area contributed by atoms with Crippen LogP contribution >= 0.6 is 35.4 Å². The summed E-state index contributed by atoms with van der Waals surface area (Å²) >= 11 is 17.7. The summed E-state index contributed by atoms with van der Waals surface area (Å²) in [5, 5.41) is 1.17. The van der Waals surface area contributed by atoms with E-state index in [1.807, 2.05) is 31.2 Å². The third-order valence-corrected chi connectivity index (χ3v) is 5.46. The summed E-state index contributed by atoms with van der Waals surface area (Å²) in [5.74, 6) is -0.401. The molecule has 144 valence electrons. The Morgan fingerprint density at radius 1 is 0.821 bits per heavy atom. The van der Waals surface area contributed by atoms with Gasteiger partial charge in [-0.1, -0.05) is 59.7 Å². The maximum Gasteiger partial charge on any atom is 0.332 e. The average molecular weight is 433 g/mol. The zero-order chi connectivity index (χ0) is 20.4. The number of benzene rings is 2. The van der Waals surface area contributed by atoms with Crippen molar-refractivity contribution in [3.63, 3.8) is 0 Å². The molecule has 1 aliphatic heterocycles. The molecule has 0 aliphatic carbocycles. The Morgan fingerprint density at radius 2 is 1.25 bits per heavy atom. The standard InChI is InChI=1S/C21H18Cl2N2O2S/c1-3-24-19(26)18(20(28)25(4-2)21(24)27)17(13-5-9-15(22)10-6-13)14-7-11-16(23)12-8-14/h5-12H,3-4H2,1-2H3. The van der Waals surface area contributed by atoms with Gasteiger partial charge in [0.15, 0.2) is 0 Å². The number of urea groups is 1. The molecular formula is C21H18Cl2N2O2S. The number of carbonyl (C=O) groups excluding carboxylic acids is 2. The Labute approximate surface area is 179 Å². The molecule has 0 saturated carbocycles. The monoisotopic (exact) mass is 432 g/mol. The molecule has 0 radical (unpaired) electrons. The topological polar surface area (TPSA) is 40.6 Å². The van der Waals surface area contributed by atoms with Crippen molar-refractivity contribution in [3.8, 4) is 0 Å². The fourth-order valence-electron chi connectivity index (χ4n) is 3.14. The second-order valence-electron chi connectivity index (χ2n) is 6.15. The van der Waals surface area contributed by atoms with E-state index in [0.29, 0.717) is 27.7 Å². The van der Waals surface area contributed by atoms with Crippen LogP contribution in [0.2, 0.25) is 10.0 Å². The largest absolute Gasteiger partial charge is 0.332 e. The Balaban J connectivity index is 2.32. The molecule has 0 spiro atoms. The van der Waals surface area contributed by atoms with E-state index in [2.05, 4.69) is 0 Å². The van der Waals surface area contributed by atoms with E-state index in [0.717, 1.165) is 11.1 Å². The summed E-state index contributed by atoms with van der Waals surface area (Å²) in [6, 6.07) is 13.9. The third-order valence-electron chi connectivity index (χ3n) is 4.53. The first-order chi connectivity index (χ1) is 13.4. The van der Waals surface area contributed by atoms with Gasteiger partial charge in [0, 0.05) is 28.7 Å². The minimum atomic E-state index is -0.401. The fourth-order valence-corrected chi connectivity index (χ4v) is 3.79. The number of rotatable bonds is 4. The minimum Gasteiger partial charge on any atom is -0.284 e. The molecule has 1 heterocycles. The number of amides is 3. The number of carbonyl (C=O) groups is 2. The van der Waals surface area contributed by atoms with E-state index in [4.69, 9.17) is 35.4 Å². The lowest BCUT2D eigenvalue weighted by atomic mass is 9.91. The highest BCUT2D eigenvalue weighted by Crippen LogP contribution is 2.33. The maximum atomic E-state index is 13.2. The van der Waals surface area contributed by atoms with Crippen LogP contribution in [-0.2, 0) is 4.79 Å². The average Bonchev–Trinajstić information content (AvgIpc) is 2.68. The van der Waals surface area contributed by atoms with Gasteiger partial charge < -0.3 is 0 Å². The first-order valence-electron chi connectivity index (χ1n) is 8.82. The molecule has 7 heteroatoms. The smallest absolute Gasteiger partial charge is 0.284 e. The number of likely N-dealkylation sites (N-methyl/N-ethyl adjacent to an activating group) is 2. The van der Waals surface area contributed by atoms with Gasteiger partial charge in [-0.15, -0.1) is 0 Å². The predicted octanol–water partition coefficient (Wildman–Crippen LogP) is 5.43.